The molecular formula is C20H22N4O2. The zero-order chi connectivity index (χ0) is 18.1. The Morgan fingerprint density at radius 3 is 2.73 bits per heavy atom. The molecule has 0 N–H and O–H groups in total. The molecule has 0 radical (unpaired) electrons. The first kappa shape index (κ1) is 16.4. The van der Waals surface area contributed by atoms with E-state index < -0.39 is 0 Å². The normalized spacial score (nSPS) is 16.1. The van der Waals surface area contributed by atoms with Gasteiger partial charge in [0.25, 0.3) is 0 Å². The van der Waals surface area contributed by atoms with Crippen LogP contribution in [0.3, 0.4) is 0 Å². The molecule has 1 unspecified atom stereocenters. The molecule has 3 aromatic rings. The third kappa shape index (κ3) is 2.98. The molecular weight excluding hydrogens is 328 g/mol. The molecule has 1 aromatic heterocycles. The second kappa shape index (κ2) is 6.71. The maximum Gasteiger partial charge on any atom is 0.163 e. The first-order valence-corrected chi connectivity index (χ1v) is 8.69. The number of hydrogen-bond donors (Lipinski definition) is 0. The molecule has 26 heavy (non-hydrogen) atoms. The number of benzene rings is 2. The zero-order valence-corrected chi connectivity index (χ0v) is 15.2. The first-order chi connectivity index (χ1) is 12.7. The molecule has 4 rings (SSSR count). The number of rotatable bonds is 4. The van der Waals surface area contributed by atoms with E-state index >= 15 is 0 Å². The number of methoxy groups -OCH3 is 1. The molecule has 2 heterocycles. The third-order valence-corrected chi connectivity index (χ3v) is 4.64. The smallest absolute Gasteiger partial charge is 0.163 e. The molecule has 0 bridgehead atoms. The highest BCUT2D eigenvalue weighted by molar-refractivity contribution is 5.63. The van der Waals surface area contributed by atoms with Gasteiger partial charge in [0.15, 0.2) is 11.6 Å². The van der Waals surface area contributed by atoms with Gasteiger partial charge in [-0.3, -0.25) is 0 Å². The molecule has 2 aromatic carbocycles. The quantitative estimate of drug-likeness (QED) is 0.723. The van der Waals surface area contributed by atoms with Crippen molar-refractivity contribution in [3.05, 3.63) is 54.4 Å². The number of nitrogens with zero attached hydrogens (tertiary/aromatic N) is 4. The van der Waals surface area contributed by atoms with Crippen LogP contribution in [0.4, 0.5) is 5.69 Å². The van der Waals surface area contributed by atoms with Gasteiger partial charge in [0.05, 0.1) is 25.9 Å². The Bertz CT molecular complexity index is 907. The van der Waals surface area contributed by atoms with Crippen LogP contribution in [-0.2, 0) is 13.6 Å². The van der Waals surface area contributed by atoms with E-state index in [9.17, 15) is 0 Å². The Kier molecular flexibility index (Phi) is 4.24. The van der Waals surface area contributed by atoms with Crippen LogP contribution in [0.5, 0.6) is 11.5 Å². The number of anilines is 1. The molecule has 134 valence electrons. The summed E-state index contributed by atoms with van der Waals surface area (Å²) in [5.41, 5.74) is 2.08. The minimum absolute atomic E-state index is 0.109. The highest BCUT2D eigenvalue weighted by Crippen LogP contribution is 2.37. The molecule has 6 heteroatoms. The fourth-order valence-electron chi connectivity index (χ4n) is 3.29. The van der Waals surface area contributed by atoms with Crippen LogP contribution in [0, 0.1) is 0 Å². The standard InChI is InChI=1S/C20H22N4O2/c1-14-12-24(17-11-16(25-3)9-10-18(17)26-14)13-19-21-22-20(23(19)2)15-7-5-4-6-8-15/h4-11,14H,12-13H2,1-3H3. The Labute approximate surface area is 153 Å². The van der Waals surface area contributed by atoms with Crippen LogP contribution in [-0.4, -0.2) is 34.5 Å². The zero-order valence-electron chi connectivity index (χ0n) is 15.2. The fraction of sp³-hybridized carbons (Fsp3) is 0.300. The summed E-state index contributed by atoms with van der Waals surface area (Å²) in [6.07, 6.45) is 0.109. The van der Waals surface area contributed by atoms with E-state index in [0.29, 0.717) is 6.54 Å². The van der Waals surface area contributed by atoms with Crippen molar-refractivity contribution in [2.45, 2.75) is 19.6 Å². The van der Waals surface area contributed by atoms with Crippen LogP contribution in [0.25, 0.3) is 11.4 Å². The van der Waals surface area contributed by atoms with Crippen molar-refractivity contribution in [1.82, 2.24) is 14.8 Å². The summed E-state index contributed by atoms with van der Waals surface area (Å²) in [5.74, 6) is 3.46. The first-order valence-electron chi connectivity index (χ1n) is 8.69. The predicted molar refractivity (Wildman–Crippen MR) is 101 cm³/mol. The molecule has 0 fully saturated rings. The molecule has 0 saturated heterocycles. The average Bonchev–Trinajstić information content (AvgIpc) is 3.02. The van der Waals surface area contributed by atoms with Crippen molar-refractivity contribution in [2.24, 2.45) is 7.05 Å². The van der Waals surface area contributed by atoms with Crippen molar-refractivity contribution in [1.29, 1.82) is 0 Å². The Hall–Kier alpha value is -3.02. The minimum atomic E-state index is 0.109. The summed E-state index contributed by atoms with van der Waals surface area (Å²) in [5, 5.41) is 8.82. The molecule has 0 aliphatic carbocycles. The maximum absolute atomic E-state index is 5.96. The summed E-state index contributed by atoms with van der Waals surface area (Å²) in [7, 11) is 3.68. The maximum atomic E-state index is 5.96. The second-order valence-corrected chi connectivity index (χ2v) is 6.51. The summed E-state index contributed by atoms with van der Waals surface area (Å²) < 4.78 is 13.4. The van der Waals surface area contributed by atoms with Gasteiger partial charge in [-0.15, -0.1) is 10.2 Å². The minimum Gasteiger partial charge on any atom is -0.497 e. The summed E-state index contributed by atoms with van der Waals surface area (Å²) >= 11 is 0. The molecule has 1 atom stereocenters. The second-order valence-electron chi connectivity index (χ2n) is 6.51. The van der Waals surface area contributed by atoms with Gasteiger partial charge in [-0.25, -0.2) is 0 Å². The van der Waals surface area contributed by atoms with Gasteiger partial charge in [-0.2, -0.15) is 0 Å². The topological polar surface area (TPSA) is 52.4 Å². The van der Waals surface area contributed by atoms with Gasteiger partial charge >= 0.3 is 0 Å². The van der Waals surface area contributed by atoms with E-state index in [1.54, 1.807) is 7.11 Å². The van der Waals surface area contributed by atoms with Crippen molar-refractivity contribution in [3.63, 3.8) is 0 Å². The van der Waals surface area contributed by atoms with Crippen molar-refractivity contribution in [3.8, 4) is 22.9 Å². The van der Waals surface area contributed by atoms with Crippen LogP contribution >= 0.6 is 0 Å². The number of hydrogen-bond acceptors (Lipinski definition) is 5. The molecule has 6 nitrogen and oxygen atoms in total. The number of ether oxygens (including phenoxy) is 2. The van der Waals surface area contributed by atoms with Crippen LogP contribution in [0.15, 0.2) is 48.5 Å². The Morgan fingerprint density at radius 1 is 1.15 bits per heavy atom. The van der Waals surface area contributed by atoms with Gasteiger partial charge in [0.2, 0.25) is 0 Å². The summed E-state index contributed by atoms with van der Waals surface area (Å²) in [6, 6.07) is 16.0. The van der Waals surface area contributed by atoms with Crippen molar-refractivity contribution >= 4 is 5.69 Å². The van der Waals surface area contributed by atoms with E-state index in [0.717, 1.165) is 40.9 Å². The largest absolute Gasteiger partial charge is 0.497 e. The van der Waals surface area contributed by atoms with Crippen molar-refractivity contribution < 1.29 is 9.47 Å². The molecule has 1 aliphatic rings. The number of fused-ring (bicyclic) bond motifs is 1. The van der Waals surface area contributed by atoms with Gasteiger partial charge in [0.1, 0.15) is 17.6 Å². The fourth-order valence-corrected chi connectivity index (χ4v) is 3.29. The lowest BCUT2D eigenvalue weighted by Gasteiger charge is -2.34. The Morgan fingerprint density at radius 2 is 1.96 bits per heavy atom. The number of aromatic nitrogens is 3. The van der Waals surface area contributed by atoms with Gasteiger partial charge in [0, 0.05) is 18.7 Å². The lowest BCUT2D eigenvalue weighted by molar-refractivity contribution is 0.211. The molecule has 0 amide bonds. The SMILES string of the molecule is COc1ccc2c(c1)N(Cc1nnc(-c3ccccc3)n1C)CC(C)O2. The van der Waals surface area contributed by atoms with E-state index in [1.165, 1.54) is 0 Å². The summed E-state index contributed by atoms with van der Waals surface area (Å²) in [6.45, 7) is 3.52. The molecule has 1 aliphatic heterocycles. The molecule has 0 spiro atoms. The third-order valence-electron chi connectivity index (χ3n) is 4.64. The van der Waals surface area contributed by atoms with Crippen LogP contribution < -0.4 is 14.4 Å². The predicted octanol–water partition coefficient (Wildman–Crippen LogP) is 3.28. The lowest BCUT2D eigenvalue weighted by Crippen LogP contribution is -2.38. The van der Waals surface area contributed by atoms with Crippen LogP contribution in [0.1, 0.15) is 12.7 Å². The highest BCUT2D eigenvalue weighted by atomic mass is 16.5. The van der Waals surface area contributed by atoms with E-state index in [-0.39, 0.29) is 6.10 Å². The summed E-state index contributed by atoms with van der Waals surface area (Å²) in [4.78, 5) is 2.27. The van der Waals surface area contributed by atoms with E-state index in [2.05, 4.69) is 26.6 Å². The average molecular weight is 350 g/mol. The van der Waals surface area contributed by atoms with Crippen LogP contribution in [0.2, 0.25) is 0 Å². The highest BCUT2D eigenvalue weighted by Gasteiger charge is 2.25. The van der Waals surface area contributed by atoms with E-state index in [4.69, 9.17) is 9.47 Å². The monoisotopic (exact) mass is 350 g/mol. The Balaban J connectivity index is 1.65. The lowest BCUT2D eigenvalue weighted by atomic mass is 10.2. The van der Waals surface area contributed by atoms with Gasteiger partial charge in [-0.1, -0.05) is 30.3 Å². The molecule has 0 saturated carbocycles. The van der Waals surface area contributed by atoms with E-state index in [1.807, 2.05) is 55.6 Å². The van der Waals surface area contributed by atoms with Gasteiger partial charge in [-0.05, 0) is 19.1 Å². The van der Waals surface area contributed by atoms with Crippen molar-refractivity contribution in [2.75, 3.05) is 18.6 Å². The van der Waals surface area contributed by atoms with Gasteiger partial charge < -0.3 is 18.9 Å².